The van der Waals surface area contributed by atoms with Crippen molar-refractivity contribution in [1.29, 1.82) is 0 Å². The Kier molecular flexibility index (Phi) is 7.11. The van der Waals surface area contributed by atoms with Crippen molar-refractivity contribution < 1.29 is 27.8 Å². The van der Waals surface area contributed by atoms with Gasteiger partial charge in [0.05, 0.1) is 30.8 Å². The molecule has 2 aliphatic heterocycles. The monoisotopic (exact) mass is 520 g/mol. The number of carbonyl (C=O) groups is 1. The van der Waals surface area contributed by atoms with Gasteiger partial charge in [0.25, 0.3) is 0 Å². The van der Waals surface area contributed by atoms with Gasteiger partial charge >= 0.3 is 6.18 Å². The molecule has 1 saturated carbocycles. The number of hydrogen-bond acceptors (Lipinski definition) is 8. The van der Waals surface area contributed by atoms with Gasteiger partial charge in [-0.15, -0.1) is 0 Å². The number of methoxy groups -OCH3 is 1. The summed E-state index contributed by atoms with van der Waals surface area (Å²) in [5, 5.41) is 13.5. The number of likely N-dealkylation sites (tertiary alicyclic amines) is 1. The van der Waals surface area contributed by atoms with E-state index in [1.54, 1.807) is 4.90 Å². The van der Waals surface area contributed by atoms with Crippen LogP contribution in [0.4, 0.5) is 24.7 Å². The minimum atomic E-state index is -4.59. The number of nitrogens with one attached hydrogen (secondary N) is 1. The maximum Gasteiger partial charge on any atom is 0.421 e. The number of aliphatic hydroxyl groups is 1. The first kappa shape index (κ1) is 25.5. The van der Waals surface area contributed by atoms with E-state index in [2.05, 4.69) is 20.3 Å². The third-order valence-corrected chi connectivity index (χ3v) is 7.91. The number of hydrogen-bond donors (Lipinski definition) is 2. The summed E-state index contributed by atoms with van der Waals surface area (Å²) in [7, 11) is 1.17. The van der Waals surface area contributed by atoms with E-state index in [4.69, 9.17) is 4.74 Å². The fraction of sp³-hybridized carbons (Fsp3) is 0.600. The molecule has 2 fully saturated rings. The van der Waals surface area contributed by atoms with E-state index < -0.39 is 17.6 Å². The Morgan fingerprint density at radius 1 is 1.16 bits per heavy atom. The second-order valence-corrected chi connectivity index (χ2v) is 10.1. The number of anilines is 2. The minimum absolute atomic E-state index is 0.0145. The van der Waals surface area contributed by atoms with Gasteiger partial charge in [-0.25, -0.2) is 15.0 Å². The lowest BCUT2D eigenvalue weighted by Gasteiger charge is -2.34. The molecular formula is C25H31F3N6O3. The summed E-state index contributed by atoms with van der Waals surface area (Å²) in [5.41, 5.74) is 1.12. The number of halogens is 3. The number of nitrogens with zero attached hydrogens (tertiary/aromatic N) is 5. The molecular weight excluding hydrogens is 489 g/mol. The number of aromatic nitrogens is 3. The van der Waals surface area contributed by atoms with Gasteiger partial charge in [0.1, 0.15) is 17.7 Å². The Morgan fingerprint density at radius 2 is 1.95 bits per heavy atom. The summed E-state index contributed by atoms with van der Waals surface area (Å²) in [6, 6.07) is 1.06. The van der Waals surface area contributed by atoms with Crippen molar-refractivity contribution in [3.8, 4) is 5.88 Å². The van der Waals surface area contributed by atoms with Crippen LogP contribution in [0, 0.1) is 11.8 Å². The van der Waals surface area contributed by atoms with Gasteiger partial charge < -0.3 is 25.0 Å². The topological polar surface area (TPSA) is 104 Å². The molecule has 37 heavy (non-hydrogen) atoms. The number of fused-ring (bicyclic) bond motifs is 1. The Labute approximate surface area is 213 Å². The molecule has 0 aromatic carbocycles. The van der Waals surface area contributed by atoms with Gasteiger partial charge in [-0.1, -0.05) is 0 Å². The van der Waals surface area contributed by atoms with Gasteiger partial charge in [0.15, 0.2) is 0 Å². The number of carbonyl (C=O) groups excluding carboxylic acids is 1. The Balaban J connectivity index is 1.38. The molecule has 1 saturated heterocycles. The van der Waals surface area contributed by atoms with Crippen LogP contribution < -0.4 is 15.0 Å². The minimum Gasteiger partial charge on any atom is -0.481 e. The molecule has 5 rings (SSSR count). The van der Waals surface area contributed by atoms with Crippen molar-refractivity contribution in [2.75, 3.05) is 37.0 Å². The molecule has 0 bridgehead atoms. The average Bonchev–Trinajstić information content (AvgIpc) is 3.31. The molecule has 2 N–H and O–H groups in total. The summed E-state index contributed by atoms with van der Waals surface area (Å²) in [5.74, 6) is 0.807. The van der Waals surface area contributed by atoms with Gasteiger partial charge in [-0.3, -0.25) is 4.79 Å². The molecule has 2 aromatic heterocycles. The Bertz CT molecular complexity index is 1130. The van der Waals surface area contributed by atoms with Crippen LogP contribution in [0.5, 0.6) is 5.88 Å². The summed E-state index contributed by atoms with van der Waals surface area (Å²) < 4.78 is 45.5. The quantitative estimate of drug-likeness (QED) is 0.561. The normalized spacial score (nSPS) is 26.1. The fourth-order valence-corrected chi connectivity index (χ4v) is 5.95. The van der Waals surface area contributed by atoms with Crippen LogP contribution in [-0.2, 0) is 23.9 Å². The van der Waals surface area contributed by atoms with E-state index in [1.807, 2.05) is 4.90 Å². The number of pyridine rings is 1. The van der Waals surface area contributed by atoms with Crippen LogP contribution >= 0.6 is 0 Å². The number of amides is 1. The van der Waals surface area contributed by atoms with Crippen LogP contribution in [0.25, 0.3) is 0 Å². The number of rotatable bonds is 6. The SMILES string of the molecule is COc1ncc(N2CCc3ncnc(N[C@@H]4CN(C=O)CC4C4CCC(O)CC4)c3C2)cc1C(F)(F)F. The van der Waals surface area contributed by atoms with Crippen LogP contribution in [0.15, 0.2) is 18.6 Å². The van der Waals surface area contributed by atoms with Gasteiger partial charge in [0.2, 0.25) is 12.3 Å². The molecule has 1 amide bonds. The lowest BCUT2D eigenvalue weighted by molar-refractivity contribution is -0.139. The zero-order valence-corrected chi connectivity index (χ0v) is 20.6. The van der Waals surface area contributed by atoms with E-state index >= 15 is 0 Å². The summed E-state index contributed by atoms with van der Waals surface area (Å²) >= 11 is 0. The summed E-state index contributed by atoms with van der Waals surface area (Å²) in [6.45, 7) is 2.02. The average molecular weight is 521 g/mol. The van der Waals surface area contributed by atoms with Crippen molar-refractivity contribution >= 4 is 17.9 Å². The number of ether oxygens (including phenoxy) is 1. The molecule has 9 nitrogen and oxygen atoms in total. The standard InChI is InChI=1S/C25H31F3N6O3/c1-37-24-20(25(26,27)28)8-16(9-29-24)34-7-6-21-19(11-34)23(31-13-30-21)32-22-12-33(14-35)10-18(22)15-2-4-17(36)5-3-15/h8-9,13-15,17-18,22,36H,2-7,10-12H2,1H3,(H,30,31,32)/t15?,17?,18?,22-/m1/s1. The maximum atomic E-state index is 13.6. The predicted octanol–water partition coefficient (Wildman–Crippen LogP) is 2.88. The second kappa shape index (κ2) is 10.3. The number of aliphatic hydroxyl groups excluding tert-OH is 1. The third-order valence-electron chi connectivity index (χ3n) is 7.91. The first-order chi connectivity index (χ1) is 17.8. The first-order valence-electron chi connectivity index (χ1n) is 12.6. The molecule has 0 spiro atoms. The lowest BCUT2D eigenvalue weighted by Crippen LogP contribution is -2.37. The summed E-state index contributed by atoms with van der Waals surface area (Å²) in [4.78, 5) is 28.0. The lowest BCUT2D eigenvalue weighted by atomic mass is 9.77. The molecule has 1 unspecified atom stereocenters. The van der Waals surface area contributed by atoms with E-state index in [1.165, 1.54) is 19.6 Å². The van der Waals surface area contributed by atoms with E-state index in [9.17, 15) is 23.1 Å². The van der Waals surface area contributed by atoms with Crippen molar-refractivity contribution in [3.63, 3.8) is 0 Å². The molecule has 12 heteroatoms. The zero-order chi connectivity index (χ0) is 26.2. The first-order valence-corrected chi connectivity index (χ1v) is 12.6. The van der Waals surface area contributed by atoms with Gasteiger partial charge in [0, 0.05) is 50.1 Å². The summed E-state index contributed by atoms with van der Waals surface area (Å²) in [6.07, 6.45) is 2.84. The zero-order valence-electron chi connectivity index (χ0n) is 20.6. The van der Waals surface area contributed by atoms with Crippen molar-refractivity contribution in [2.24, 2.45) is 11.8 Å². The van der Waals surface area contributed by atoms with Crippen molar-refractivity contribution in [2.45, 2.75) is 57.0 Å². The second-order valence-electron chi connectivity index (χ2n) is 10.1. The highest BCUT2D eigenvalue weighted by atomic mass is 19.4. The van der Waals surface area contributed by atoms with E-state index in [0.717, 1.165) is 49.4 Å². The van der Waals surface area contributed by atoms with Crippen molar-refractivity contribution in [1.82, 2.24) is 19.9 Å². The molecule has 1 aliphatic carbocycles. The van der Waals surface area contributed by atoms with Crippen molar-refractivity contribution in [3.05, 3.63) is 35.4 Å². The molecule has 200 valence electrons. The Morgan fingerprint density at radius 3 is 2.65 bits per heavy atom. The van der Waals surface area contributed by atoms with Gasteiger partial charge in [-0.2, -0.15) is 13.2 Å². The molecule has 0 radical (unpaired) electrons. The van der Waals surface area contributed by atoms with Crippen LogP contribution in [0.2, 0.25) is 0 Å². The smallest absolute Gasteiger partial charge is 0.421 e. The highest BCUT2D eigenvalue weighted by Gasteiger charge is 2.40. The van der Waals surface area contributed by atoms with E-state index in [0.29, 0.717) is 50.0 Å². The Hall–Kier alpha value is -3.15. The van der Waals surface area contributed by atoms with Gasteiger partial charge in [-0.05, 0) is 37.7 Å². The van der Waals surface area contributed by atoms with Crippen LogP contribution in [0.3, 0.4) is 0 Å². The molecule has 2 aromatic rings. The molecule has 2 atom stereocenters. The molecule has 4 heterocycles. The van der Waals surface area contributed by atoms with Crippen LogP contribution in [-0.4, -0.2) is 70.3 Å². The maximum absolute atomic E-state index is 13.6. The number of alkyl halides is 3. The third kappa shape index (κ3) is 5.29. The fourth-order valence-electron chi connectivity index (χ4n) is 5.95. The van der Waals surface area contributed by atoms with Crippen LogP contribution in [0.1, 0.15) is 42.5 Å². The highest BCUT2D eigenvalue weighted by Crippen LogP contribution is 2.39. The predicted molar refractivity (Wildman–Crippen MR) is 129 cm³/mol. The van der Waals surface area contributed by atoms with E-state index in [-0.39, 0.29) is 18.1 Å². The largest absolute Gasteiger partial charge is 0.481 e. The molecule has 3 aliphatic rings. The highest BCUT2D eigenvalue weighted by molar-refractivity contribution is 5.56.